The van der Waals surface area contributed by atoms with Crippen molar-refractivity contribution in [3.05, 3.63) is 0 Å². The van der Waals surface area contributed by atoms with Gasteiger partial charge in [-0.15, -0.1) is 0 Å². The summed E-state index contributed by atoms with van der Waals surface area (Å²) >= 11 is 0. The zero-order valence-electron chi connectivity index (χ0n) is 12.2. The number of amides is 1. The molecule has 3 unspecified atom stereocenters. The van der Waals surface area contributed by atoms with Gasteiger partial charge in [0.15, 0.2) is 0 Å². The number of nitrogens with two attached hydrogens (primary N) is 1. The van der Waals surface area contributed by atoms with E-state index < -0.39 is 5.60 Å². The molecule has 1 saturated carbocycles. The largest absolute Gasteiger partial charge is 0.369 e. The fourth-order valence-corrected chi connectivity index (χ4v) is 2.88. The van der Waals surface area contributed by atoms with Crippen LogP contribution in [0.2, 0.25) is 0 Å². The molecule has 0 aromatic carbocycles. The lowest BCUT2D eigenvalue weighted by atomic mass is 9.83. The second kappa shape index (κ2) is 6.53. The van der Waals surface area contributed by atoms with E-state index in [0.717, 1.165) is 12.8 Å². The van der Waals surface area contributed by atoms with Crippen molar-refractivity contribution in [2.24, 2.45) is 11.7 Å². The van der Waals surface area contributed by atoms with E-state index in [0.29, 0.717) is 18.9 Å². The van der Waals surface area contributed by atoms with Crippen LogP contribution in [0.1, 0.15) is 46.0 Å². The lowest BCUT2D eigenvalue weighted by Gasteiger charge is -2.41. The maximum absolute atomic E-state index is 12.5. The predicted octanol–water partition coefficient (Wildman–Crippen LogP) is 1.78. The van der Waals surface area contributed by atoms with Gasteiger partial charge in [0.05, 0.1) is 0 Å². The lowest BCUT2D eigenvalue weighted by molar-refractivity contribution is -0.155. The molecule has 0 saturated heterocycles. The number of ether oxygens (including phenoxy) is 1. The van der Waals surface area contributed by atoms with Gasteiger partial charge in [-0.1, -0.05) is 19.8 Å². The molecule has 0 aromatic heterocycles. The monoisotopic (exact) mass is 256 g/mol. The molecule has 3 atom stereocenters. The van der Waals surface area contributed by atoms with Crippen molar-refractivity contribution in [3.63, 3.8) is 0 Å². The van der Waals surface area contributed by atoms with Gasteiger partial charge in [-0.2, -0.15) is 0 Å². The Morgan fingerprint density at radius 1 is 1.44 bits per heavy atom. The SMILES string of the molecule is CCC(C)(OC)C(=O)N(C)C1CCCCC1CN. The highest BCUT2D eigenvalue weighted by atomic mass is 16.5. The quantitative estimate of drug-likeness (QED) is 0.815. The summed E-state index contributed by atoms with van der Waals surface area (Å²) in [6, 6.07) is 0.275. The molecule has 106 valence electrons. The van der Waals surface area contributed by atoms with Gasteiger partial charge in [-0.3, -0.25) is 4.79 Å². The Morgan fingerprint density at radius 2 is 2.06 bits per heavy atom. The normalized spacial score (nSPS) is 27.6. The number of methoxy groups -OCH3 is 1. The number of hydrogen-bond acceptors (Lipinski definition) is 3. The molecule has 1 fully saturated rings. The Hall–Kier alpha value is -0.610. The van der Waals surface area contributed by atoms with Gasteiger partial charge in [0.1, 0.15) is 5.60 Å². The summed E-state index contributed by atoms with van der Waals surface area (Å²) in [5.74, 6) is 0.517. The van der Waals surface area contributed by atoms with Crippen LogP contribution in [0, 0.1) is 5.92 Å². The molecule has 1 amide bonds. The van der Waals surface area contributed by atoms with Crippen molar-refractivity contribution < 1.29 is 9.53 Å². The van der Waals surface area contributed by atoms with Gasteiger partial charge in [0, 0.05) is 20.2 Å². The van der Waals surface area contributed by atoms with Gasteiger partial charge in [-0.25, -0.2) is 0 Å². The van der Waals surface area contributed by atoms with Gasteiger partial charge in [0.25, 0.3) is 5.91 Å². The molecule has 0 aliphatic heterocycles. The van der Waals surface area contributed by atoms with Gasteiger partial charge >= 0.3 is 0 Å². The number of rotatable bonds is 5. The molecule has 1 rings (SSSR count). The molecule has 2 N–H and O–H groups in total. The van der Waals surface area contributed by atoms with E-state index in [-0.39, 0.29) is 11.9 Å². The molecule has 4 nitrogen and oxygen atoms in total. The van der Waals surface area contributed by atoms with Crippen molar-refractivity contribution in [1.82, 2.24) is 4.90 Å². The third-order valence-corrected chi connectivity index (χ3v) is 4.57. The Labute approximate surface area is 111 Å². The fraction of sp³-hybridized carbons (Fsp3) is 0.929. The summed E-state index contributed by atoms with van der Waals surface area (Å²) in [6.45, 7) is 4.51. The predicted molar refractivity (Wildman–Crippen MR) is 73.3 cm³/mol. The van der Waals surface area contributed by atoms with E-state index in [1.54, 1.807) is 7.11 Å². The number of carbonyl (C=O) groups excluding carboxylic acids is 1. The van der Waals surface area contributed by atoms with Crippen molar-refractivity contribution in [2.75, 3.05) is 20.7 Å². The summed E-state index contributed by atoms with van der Waals surface area (Å²) in [4.78, 5) is 14.4. The fourth-order valence-electron chi connectivity index (χ4n) is 2.88. The van der Waals surface area contributed by atoms with E-state index >= 15 is 0 Å². The zero-order valence-corrected chi connectivity index (χ0v) is 12.2. The summed E-state index contributed by atoms with van der Waals surface area (Å²) in [6.07, 6.45) is 5.30. The molecule has 0 spiro atoms. The molecular weight excluding hydrogens is 228 g/mol. The van der Waals surface area contributed by atoms with Crippen LogP contribution < -0.4 is 5.73 Å². The first-order valence-corrected chi connectivity index (χ1v) is 7.02. The van der Waals surface area contributed by atoms with E-state index in [2.05, 4.69) is 0 Å². The highest BCUT2D eigenvalue weighted by Crippen LogP contribution is 2.29. The van der Waals surface area contributed by atoms with E-state index in [1.165, 1.54) is 12.8 Å². The smallest absolute Gasteiger partial charge is 0.254 e. The van der Waals surface area contributed by atoms with Gasteiger partial charge in [-0.05, 0) is 38.6 Å². The van der Waals surface area contributed by atoms with Crippen LogP contribution in [-0.4, -0.2) is 43.2 Å². The Balaban J connectivity index is 2.78. The van der Waals surface area contributed by atoms with Crippen molar-refractivity contribution in [1.29, 1.82) is 0 Å². The summed E-state index contributed by atoms with van der Waals surface area (Å²) in [5, 5.41) is 0. The summed E-state index contributed by atoms with van der Waals surface area (Å²) in [5.41, 5.74) is 5.13. The summed E-state index contributed by atoms with van der Waals surface area (Å²) < 4.78 is 5.41. The van der Waals surface area contributed by atoms with Gasteiger partial charge in [0.2, 0.25) is 0 Å². The van der Waals surface area contributed by atoms with E-state index in [1.807, 2.05) is 25.8 Å². The van der Waals surface area contributed by atoms with E-state index in [4.69, 9.17) is 10.5 Å². The second-order valence-corrected chi connectivity index (χ2v) is 5.55. The third kappa shape index (κ3) is 3.04. The first-order chi connectivity index (χ1) is 8.50. The van der Waals surface area contributed by atoms with Crippen molar-refractivity contribution >= 4 is 5.91 Å². The third-order valence-electron chi connectivity index (χ3n) is 4.57. The minimum Gasteiger partial charge on any atom is -0.369 e. The highest BCUT2D eigenvalue weighted by Gasteiger charge is 2.38. The molecule has 0 radical (unpaired) electrons. The van der Waals surface area contributed by atoms with Crippen LogP contribution >= 0.6 is 0 Å². The number of hydrogen-bond donors (Lipinski definition) is 1. The van der Waals surface area contributed by atoms with Crippen molar-refractivity contribution in [2.45, 2.75) is 57.6 Å². The maximum atomic E-state index is 12.5. The molecule has 0 bridgehead atoms. The number of carbonyl (C=O) groups is 1. The second-order valence-electron chi connectivity index (χ2n) is 5.55. The lowest BCUT2D eigenvalue weighted by Crippen LogP contribution is -2.53. The van der Waals surface area contributed by atoms with Crippen LogP contribution in [-0.2, 0) is 9.53 Å². The highest BCUT2D eigenvalue weighted by molar-refractivity contribution is 5.84. The van der Waals surface area contributed by atoms with Crippen LogP contribution in [0.15, 0.2) is 0 Å². The van der Waals surface area contributed by atoms with Crippen LogP contribution in [0.4, 0.5) is 0 Å². The Bertz CT molecular complexity index is 277. The Morgan fingerprint density at radius 3 is 2.56 bits per heavy atom. The molecule has 0 aromatic rings. The van der Waals surface area contributed by atoms with E-state index in [9.17, 15) is 4.79 Å². The Kier molecular flexibility index (Phi) is 5.60. The van der Waals surface area contributed by atoms with Crippen LogP contribution in [0.3, 0.4) is 0 Å². The average Bonchev–Trinajstić information content (AvgIpc) is 2.44. The average molecular weight is 256 g/mol. The minimum absolute atomic E-state index is 0.0813. The zero-order chi connectivity index (χ0) is 13.8. The van der Waals surface area contributed by atoms with Crippen LogP contribution in [0.25, 0.3) is 0 Å². The maximum Gasteiger partial charge on any atom is 0.254 e. The molecule has 0 heterocycles. The standard InChI is InChI=1S/C14H28N2O2/c1-5-14(2,18-4)13(17)16(3)12-9-7-6-8-11(12)10-15/h11-12H,5-10,15H2,1-4H3. The summed E-state index contributed by atoms with van der Waals surface area (Å²) in [7, 11) is 3.50. The molecule has 1 aliphatic rings. The topological polar surface area (TPSA) is 55.6 Å². The van der Waals surface area contributed by atoms with Crippen LogP contribution in [0.5, 0.6) is 0 Å². The molecule has 4 heteroatoms. The number of nitrogens with zero attached hydrogens (tertiary/aromatic N) is 1. The first-order valence-electron chi connectivity index (χ1n) is 7.02. The molecule has 18 heavy (non-hydrogen) atoms. The minimum atomic E-state index is -0.703. The first kappa shape index (κ1) is 15.4. The van der Waals surface area contributed by atoms with Gasteiger partial charge < -0.3 is 15.4 Å². The van der Waals surface area contributed by atoms with Crippen molar-refractivity contribution in [3.8, 4) is 0 Å². The molecule has 1 aliphatic carbocycles. The molecular formula is C14H28N2O2. The number of likely N-dealkylation sites (N-methyl/N-ethyl adjacent to an activating group) is 1.